The van der Waals surface area contributed by atoms with Gasteiger partial charge in [-0.1, -0.05) is 46.3 Å². The summed E-state index contributed by atoms with van der Waals surface area (Å²) in [6, 6.07) is 20.8. The maximum atomic E-state index is 12.4. The number of rotatable bonds is 8. The summed E-state index contributed by atoms with van der Waals surface area (Å²) in [4.78, 5) is 12.9. The molecule has 1 aromatic heterocycles. The van der Waals surface area contributed by atoms with E-state index in [9.17, 15) is 9.00 Å². The molecule has 0 unspecified atom stereocenters. The number of amides is 1. The zero-order chi connectivity index (χ0) is 19.1. The van der Waals surface area contributed by atoms with Gasteiger partial charge in [0.25, 0.3) is 5.91 Å². The number of halogens is 1. The molecule has 0 fully saturated rings. The molecule has 3 aromatic rings. The minimum Gasteiger partial charge on any atom is -0.455 e. The SMILES string of the molecule is O=C(NCCCc1ccccc1)c1ccc(C[S@](=O)c2ccc(Br)cc2)o1. The minimum atomic E-state index is -1.22. The third-order valence-electron chi connectivity index (χ3n) is 4.01. The Morgan fingerprint density at radius 2 is 1.74 bits per heavy atom. The summed E-state index contributed by atoms with van der Waals surface area (Å²) in [7, 11) is -1.22. The van der Waals surface area contributed by atoms with Gasteiger partial charge in [-0.15, -0.1) is 0 Å². The van der Waals surface area contributed by atoms with Gasteiger partial charge in [-0.2, -0.15) is 0 Å². The summed E-state index contributed by atoms with van der Waals surface area (Å²) in [5.74, 6) is 0.773. The molecule has 4 nitrogen and oxygen atoms in total. The highest BCUT2D eigenvalue weighted by Gasteiger charge is 2.13. The summed E-state index contributed by atoms with van der Waals surface area (Å²) in [5, 5.41) is 2.86. The minimum absolute atomic E-state index is 0.239. The first-order chi connectivity index (χ1) is 13.1. The van der Waals surface area contributed by atoms with E-state index in [1.165, 1.54) is 5.56 Å². The Bertz CT molecular complexity index is 907. The van der Waals surface area contributed by atoms with Gasteiger partial charge >= 0.3 is 0 Å². The van der Waals surface area contributed by atoms with Crippen LogP contribution < -0.4 is 5.32 Å². The van der Waals surface area contributed by atoms with Gasteiger partial charge in [-0.3, -0.25) is 9.00 Å². The van der Waals surface area contributed by atoms with Crippen LogP contribution in [0.3, 0.4) is 0 Å². The molecule has 0 aliphatic heterocycles. The summed E-state index contributed by atoms with van der Waals surface area (Å²) in [6.45, 7) is 0.578. The largest absolute Gasteiger partial charge is 0.455 e. The van der Waals surface area contributed by atoms with Crippen molar-refractivity contribution in [1.29, 1.82) is 0 Å². The molecule has 6 heteroatoms. The molecule has 0 spiro atoms. The van der Waals surface area contributed by atoms with Crippen LogP contribution in [0.1, 0.15) is 28.3 Å². The fourth-order valence-corrected chi connectivity index (χ4v) is 3.89. The molecule has 0 aliphatic rings. The zero-order valence-corrected chi connectivity index (χ0v) is 17.1. The highest BCUT2D eigenvalue weighted by molar-refractivity contribution is 9.10. The van der Waals surface area contributed by atoms with Crippen molar-refractivity contribution in [3.05, 3.63) is 88.3 Å². The fraction of sp³-hybridized carbons (Fsp3) is 0.190. The van der Waals surface area contributed by atoms with E-state index in [1.54, 1.807) is 12.1 Å². The van der Waals surface area contributed by atoms with Crippen LogP contribution in [-0.2, 0) is 23.0 Å². The van der Waals surface area contributed by atoms with Gasteiger partial charge in [0.15, 0.2) is 5.76 Å². The number of benzene rings is 2. The molecule has 0 saturated heterocycles. The Morgan fingerprint density at radius 1 is 1.00 bits per heavy atom. The second-order valence-corrected chi connectivity index (χ2v) is 8.42. The maximum absolute atomic E-state index is 12.4. The molecule has 1 atom stereocenters. The smallest absolute Gasteiger partial charge is 0.286 e. The van der Waals surface area contributed by atoms with E-state index >= 15 is 0 Å². The van der Waals surface area contributed by atoms with Crippen molar-refractivity contribution in [2.24, 2.45) is 0 Å². The highest BCUT2D eigenvalue weighted by Crippen LogP contribution is 2.17. The van der Waals surface area contributed by atoms with E-state index < -0.39 is 10.8 Å². The Labute approximate surface area is 169 Å². The van der Waals surface area contributed by atoms with Gasteiger partial charge in [0, 0.05) is 15.9 Å². The van der Waals surface area contributed by atoms with Gasteiger partial charge in [0.1, 0.15) is 5.76 Å². The number of hydrogen-bond donors (Lipinski definition) is 1. The molecule has 1 N–H and O–H groups in total. The van der Waals surface area contributed by atoms with E-state index in [4.69, 9.17) is 4.42 Å². The van der Waals surface area contributed by atoms with Crippen molar-refractivity contribution in [2.75, 3.05) is 6.54 Å². The third kappa shape index (κ3) is 5.91. The number of hydrogen-bond acceptors (Lipinski definition) is 3. The Kier molecular flexibility index (Phi) is 7.01. The molecule has 0 saturated carbocycles. The molecule has 0 bridgehead atoms. The lowest BCUT2D eigenvalue weighted by Gasteiger charge is -2.04. The number of nitrogens with one attached hydrogen (secondary N) is 1. The molecule has 140 valence electrons. The Morgan fingerprint density at radius 3 is 2.48 bits per heavy atom. The van der Waals surface area contributed by atoms with E-state index in [1.807, 2.05) is 42.5 Å². The molecular formula is C21H20BrNO3S. The van der Waals surface area contributed by atoms with Crippen LogP contribution in [0.4, 0.5) is 0 Å². The lowest BCUT2D eigenvalue weighted by molar-refractivity contribution is 0.0924. The maximum Gasteiger partial charge on any atom is 0.286 e. The van der Waals surface area contributed by atoms with Gasteiger partial charge < -0.3 is 9.73 Å². The van der Waals surface area contributed by atoms with Crippen molar-refractivity contribution in [1.82, 2.24) is 5.32 Å². The second-order valence-electron chi connectivity index (χ2n) is 6.05. The number of aryl methyl sites for hydroxylation is 1. The topological polar surface area (TPSA) is 59.3 Å². The lowest BCUT2D eigenvalue weighted by atomic mass is 10.1. The first-order valence-corrected chi connectivity index (χ1v) is 10.8. The second kappa shape index (κ2) is 9.67. The van der Waals surface area contributed by atoms with E-state index in [0.29, 0.717) is 12.3 Å². The first-order valence-electron chi connectivity index (χ1n) is 8.66. The van der Waals surface area contributed by atoms with Crippen LogP contribution in [0, 0.1) is 0 Å². The van der Waals surface area contributed by atoms with E-state index in [0.717, 1.165) is 22.2 Å². The van der Waals surface area contributed by atoms with Crippen LogP contribution in [0.15, 0.2) is 80.5 Å². The van der Waals surface area contributed by atoms with Crippen molar-refractivity contribution >= 4 is 32.6 Å². The molecule has 2 aromatic carbocycles. The van der Waals surface area contributed by atoms with Crippen molar-refractivity contribution < 1.29 is 13.4 Å². The monoisotopic (exact) mass is 445 g/mol. The standard InChI is InChI=1S/C21H20BrNO3S/c22-17-8-11-19(12-9-17)27(25)15-18-10-13-20(26-18)21(24)23-14-4-7-16-5-2-1-3-6-16/h1-3,5-6,8-13H,4,7,14-15H2,(H,23,24)/t27-/m0/s1. The van der Waals surface area contributed by atoms with Crippen molar-refractivity contribution in [2.45, 2.75) is 23.5 Å². The van der Waals surface area contributed by atoms with E-state index in [-0.39, 0.29) is 17.4 Å². The van der Waals surface area contributed by atoms with Crippen LogP contribution in [0.2, 0.25) is 0 Å². The predicted octanol–water partition coefficient (Wildman–Crippen LogP) is 4.71. The Balaban J connectivity index is 1.47. The molecule has 1 amide bonds. The van der Waals surface area contributed by atoms with Gasteiger partial charge in [-0.05, 0) is 54.8 Å². The van der Waals surface area contributed by atoms with Crippen molar-refractivity contribution in [3.8, 4) is 0 Å². The number of carbonyl (C=O) groups excluding carboxylic acids is 1. The van der Waals surface area contributed by atoms with Crippen molar-refractivity contribution in [3.63, 3.8) is 0 Å². The quantitative estimate of drug-likeness (QED) is 0.510. The summed E-state index contributed by atoms with van der Waals surface area (Å²) < 4.78 is 18.9. The normalized spacial score (nSPS) is 11.9. The van der Waals surface area contributed by atoms with Gasteiger partial charge in [-0.25, -0.2) is 0 Å². The van der Waals surface area contributed by atoms with Crippen LogP contribution >= 0.6 is 15.9 Å². The predicted molar refractivity (Wildman–Crippen MR) is 110 cm³/mol. The fourth-order valence-electron chi connectivity index (χ4n) is 2.60. The first kappa shape index (κ1) is 19.6. The third-order valence-corrected chi connectivity index (χ3v) is 5.88. The lowest BCUT2D eigenvalue weighted by Crippen LogP contribution is -2.24. The average Bonchev–Trinajstić information content (AvgIpc) is 3.15. The average molecular weight is 446 g/mol. The molecule has 3 rings (SSSR count). The molecule has 1 heterocycles. The Hall–Kier alpha value is -2.18. The summed E-state index contributed by atoms with van der Waals surface area (Å²) >= 11 is 3.36. The molecule has 0 radical (unpaired) electrons. The number of furan rings is 1. The number of carbonyl (C=O) groups is 1. The highest BCUT2D eigenvalue weighted by atomic mass is 79.9. The molecular weight excluding hydrogens is 426 g/mol. The summed E-state index contributed by atoms with van der Waals surface area (Å²) in [5.41, 5.74) is 1.25. The van der Waals surface area contributed by atoms with Crippen LogP contribution in [0.25, 0.3) is 0 Å². The van der Waals surface area contributed by atoms with Crippen LogP contribution in [0.5, 0.6) is 0 Å². The van der Waals surface area contributed by atoms with E-state index in [2.05, 4.69) is 33.4 Å². The van der Waals surface area contributed by atoms with Gasteiger partial charge in [0.05, 0.1) is 16.6 Å². The van der Waals surface area contributed by atoms with Crippen LogP contribution in [-0.4, -0.2) is 16.7 Å². The molecule has 27 heavy (non-hydrogen) atoms. The summed E-state index contributed by atoms with van der Waals surface area (Å²) in [6.07, 6.45) is 1.77. The van der Waals surface area contributed by atoms with Gasteiger partial charge in [0.2, 0.25) is 0 Å². The molecule has 0 aliphatic carbocycles. The zero-order valence-electron chi connectivity index (χ0n) is 14.7.